The second-order valence-electron chi connectivity index (χ2n) is 6.18. The molecule has 1 saturated carbocycles. The van der Waals surface area contributed by atoms with Gasteiger partial charge in [-0.3, -0.25) is 9.69 Å². The molecule has 1 unspecified atom stereocenters. The Labute approximate surface area is 118 Å². The molecule has 0 bridgehead atoms. The number of likely N-dealkylation sites (tertiary alicyclic amines) is 1. The van der Waals surface area contributed by atoms with Crippen LogP contribution in [0.1, 0.15) is 24.8 Å². The van der Waals surface area contributed by atoms with Gasteiger partial charge in [0, 0.05) is 30.9 Å². The number of anilines is 3. The van der Waals surface area contributed by atoms with Crippen molar-refractivity contribution in [2.75, 3.05) is 29.5 Å². The van der Waals surface area contributed by atoms with E-state index in [9.17, 15) is 4.79 Å². The number of carbonyl (C=O) groups is 1. The molecule has 1 saturated heterocycles. The van der Waals surface area contributed by atoms with Gasteiger partial charge in [0.25, 0.3) is 0 Å². The summed E-state index contributed by atoms with van der Waals surface area (Å²) in [6, 6.07) is 5.20. The van der Waals surface area contributed by atoms with Crippen LogP contribution in [0.2, 0.25) is 0 Å². The summed E-state index contributed by atoms with van der Waals surface area (Å²) in [6.45, 7) is 2.29. The van der Waals surface area contributed by atoms with Gasteiger partial charge in [-0.25, -0.2) is 0 Å². The minimum absolute atomic E-state index is 0.0531. The summed E-state index contributed by atoms with van der Waals surface area (Å²) in [4.78, 5) is 14.0. The van der Waals surface area contributed by atoms with Crippen molar-refractivity contribution in [3.05, 3.63) is 17.7 Å². The molecule has 20 heavy (non-hydrogen) atoms. The molecule has 2 heterocycles. The number of benzene rings is 1. The van der Waals surface area contributed by atoms with Crippen LogP contribution in [0.5, 0.6) is 0 Å². The smallest absolute Gasteiger partial charge is 0.228 e. The normalized spacial score (nSPS) is 25.6. The molecule has 1 aliphatic carbocycles. The largest absolute Gasteiger partial charge is 0.397 e. The maximum Gasteiger partial charge on any atom is 0.228 e. The number of nitrogens with two attached hydrogens (primary N) is 1. The van der Waals surface area contributed by atoms with Crippen LogP contribution in [0, 0.1) is 0 Å². The first-order valence-corrected chi connectivity index (χ1v) is 7.42. The summed E-state index contributed by atoms with van der Waals surface area (Å²) in [5.41, 5.74) is 9.71. The van der Waals surface area contributed by atoms with Crippen LogP contribution in [0.25, 0.3) is 0 Å². The molecule has 5 heteroatoms. The molecule has 0 spiro atoms. The zero-order chi connectivity index (χ0) is 13.7. The number of nitrogens with one attached hydrogen (secondary N) is 2. The van der Waals surface area contributed by atoms with Crippen molar-refractivity contribution in [1.82, 2.24) is 4.90 Å². The van der Waals surface area contributed by atoms with Crippen LogP contribution in [-0.2, 0) is 11.2 Å². The number of rotatable bonds is 3. The highest BCUT2D eigenvalue weighted by Gasteiger charge is 2.34. The predicted octanol–water partition coefficient (Wildman–Crippen LogP) is 1.41. The molecule has 1 aromatic carbocycles. The third-order valence-corrected chi connectivity index (χ3v) is 4.54. The van der Waals surface area contributed by atoms with E-state index in [1.54, 1.807) is 0 Å². The highest BCUT2D eigenvalue weighted by Crippen LogP contribution is 2.34. The van der Waals surface area contributed by atoms with Gasteiger partial charge in [0.05, 0.1) is 17.8 Å². The van der Waals surface area contributed by atoms with Gasteiger partial charge in [-0.1, -0.05) is 0 Å². The Morgan fingerprint density at radius 1 is 1.30 bits per heavy atom. The second kappa shape index (κ2) is 4.38. The van der Waals surface area contributed by atoms with E-state index in [-0.39, 0.29) is 5.91 Å². The molecule has 1 atom stereocenters. The van der Waals surface area contributed by atoms with E-state index >= 15 is 0 Å². The Kier molecular flexibility index (Phi) is 2.63. The highest BCUT2D eigenvalue weighted by molar-refractivity contribution is 6.00. The fourth-order valence-corrected chi connectivity index (χ4v) is 3.31. The summed E-state index contributed by atoms with van der Waals surface area (Å²) in [7, 11) is 0. The van der Waals surface area contributed by atoms with Crippen molar-refractivity contribution in [3.63, 3.8) is 0 Å². The summed E-state index contributed by atoms with van der Waals surface area (Å²) < 4.78 is 0. The van der Waals surface area contributed by atoms with E-state index in [0.29, 0.717) is 12.5 Å². The Bertz CT molecular complexity index is 567. The third kappa shape index (κ3) is 2.12. The molecule has 0 aromatic heterocycles. The number of hydrogen-bond acceptors (Lipinski definition) is 4. The van der Waals surface area contributed by atoms with Crippen LogP contribution in [0.4, 0.5) is 17.1 Å². The Morgan fingerprint density at radius 2 is 2.15 bits per heavy atom. The topological polar surface area (TPSA) is 70.4 Å². The van der Waals surface area contributed by atoms with Crippen molar-refractivity contribution in [1.29, 1.82) is 0 Å². The summed E-state index contributed by atoms with van der Waals surface area (Å²) in [6.07, 6.45) is 4.33. The van der Waals surface area contributed by atoms with Crippen molar-refractivity contribution in [2.24, 2.45) is 0 Å². The molecule has 5 nitrogen and oxygen atoms in total. The third-order valence-electron chi connectivity index (χ3n) is 4.54. The molecule has 2 fully saturated rings. The SMILES string of the molecule is Nc1cc2c(cc1NC1CCN(C3CC3)C1)NC(=O)C2. The van der Waals surface area contributed by atoms with E-state index in [2.05, 4.69) is 15.5 Å². The average Bonchev–Trinajstić information content (AvgIpc) is 3.05. The Morgan fingerprint density at radius 3 is 2.95 bits per heavy atom. The second-order valence-corrected chi connectivity index (χ2v) is 6.18. The van der Waals surface area contributed by atoms with Gasteiger partial charge in [-0.05, 0) is 37.0 Å². The molecule has 106 valence electrons. The molecule has 3 aliphatic rings. The Hall–Kier alpha value is -1.75. The van der Waals surface area contributed by atoms with E-state index < -0.39 is 0 Å². The standard InChI is InChI=1S/C15H20N4O/c16-12-5-9-6-15(20)18-13(9)7-14(12)17-10-3-4-19(8-10)11-1-2-11/h5,7,10-11,17H,1-4,6,8,16H2,(H,18,20). The first kappa shape index (κ1) is 12.0. The van der Waals surface area contributed by atoms with E-state index in [0.717, 1.165) is 35.2 Å². The van der Waals surface area contributed by atoms with Crippen LogP contribution < -0.4 is 16.4 Å². The molecule has 0 radical (unpaired) electrons. The lowest BCUT2D eigenvalue weighted by atomic mass is 10.1. The molecule has 2 aliphatic heterocycles. The van der Waals surface area contributed by atoms with Gasteiger partial charge in [-0.2, -0.15) is 0 Å². The zero-order valence-electron chi connectivity index (χ0n) is 11.5. The van der Waals surface area contributed by atoms with Crippen LogP contribution in [-0.4, -0.2) is 36.0 Å². The maximum atomic E-state index is 11.4. The van der Waals surface area contributed by atoms with Gasteiger partial charge in [0.1, 0.15) is 0 Å². The summed E-state index contributed by atoms with van der Waals surface area (Å²) in [5, 5.41) is 6.43. The summed E-state index contributed by atoms with van der Waals surface area (Å²) >= 11 is 0. The van der Waals surface area contributed by atoms with Crippen molar-refractivity contribution in [3.8, 4) is 0 Å². The van der Waals surface area contributed by atoms with Gasteiger partial charge < -0.3 is 16.4 Å². The molecular formula is C15H20N4O. The molecule has 1 aromatic rings. The van der Waals surface area contributed by atoms with Crippen LogP contribution >= 0.6 is 0 Å². The Balaban J connectivity index is 1.49. The van der Waals surface area contributed by atoms with Gasteiger partial charge >= 0.3 is 0 Å². The number of hydrogen-bond donors (Lipinski definition) is 3. The van der Waals surface area contributed by atoms with Gasteiger partial charge in [0.2, 0.25) is 5.91 Å². The number of carbonyl (C=O) groups excluding carboxylic acids is 1. The fraction of sp³-hybridized carbons (Fsp3) is 0.533. The van der Waals surface area contributed by atoms with Crippen LogP contribution in [0.15, 0.2) is 12.1 Å². The lowest BCUT2D eigenvalue weighted by Crippen LogP contribution is -2.28. The molecule has 4 N–H and O–H groups in total. The summed E-state index contributed by atoms with van der Waals surface area (Å²) in [5.74, 6) is 0.0531. The van der Waals surface area contributed by atoms with E-state index in [1.165, 1.54) is 25.8 Å². The number of fused-ring (bicyclic) bond motifs is 1. The first-order chi connectivity index (χ1) is 9.69. The minimum atomic E-state index is 0.0531. The monoisotopic (exact) mass is 272 g/mol. The number of amides is 1. The van der Waals surface area contributed by atoms with Crippen molar-refractivity contribution < 1.29 is 4.79 Å². The lowest BCUT2D eigenvalue weighted by molar-refractivity contribution is -0.115. The van der Waals surface area contributed by atoms with Gasteiger partial charge in [-0.15, -0.1) is 0 Å². The molecule has 1 amide bonds. The molecular weight excluding hydrogens is 252 g/mol. The fourth-order valence-electron chi connectivity index (χ4n) is 3.31. The van der Waals surface area contributed by atoms with Crippen molar-refractivity contribution in [2.45, 2.75) is 37.8 Å². The van der Waals surface area contributed by atoms with Crippen LogP contribution in [0.3, 0.4) is 0 Å². The minimum Gasteiger partial charge on any atom is -0.397 e. The highest BCUT2D eigenvalue weighted by atomic mass is 16.1. The lowest BCUT2D eigenvalue weighted by Gasteiger charge is -2.18. The molecule has 4 rings (SSSR count). The van der Waals surface area contributed by atoms with Gasteiger partial charge in [0.15, 0.2) is 0 Å². The number of nitrogens with zero attached hydrogens (tertiary/aromatic N) is 1. The van der Waals surface area contributed by atoms with E-state index in [4.69, 9.17) is 5.73 Å². The quantitative estimate of drug-likeness (QED) is 0.728. The predicted molar refractivity (Wildman–Crippen MR) is 79.8 cm³/mol. The number of nitrogen functional groups attached to an aromatic ring is 1. The first-order valence-electron chi connectivity index (χ1n) is 7.42. The van der Waals surface area contributed by atoms with Crippen molar-refractivity contribution >= 4 is 23.0 Å². The average molecular weight is 272 g/mol. The maximum absolute atomic E-state index is 11.4. The zero-order valence-corrected chi connectivity index (χ0v) is 11.5. The van der Waals surface area contributed by atoms with E-state index in [1.807, 2.05) is 12.1 Å².